The summed E-state index contributed by atoms with van der Waals surface area (Å²) < 4.78 is 22.8. The molecule has 0 N–H and O–H groups in total. The van der Waals surface area contributed by atoms with Crippen LogP contribution in [-0.2, 0) is 11.2 Å². The van der Waals surface area contributed by atoms with Gasteiger partial charge in [0.2, 0.25) is 0 Å². The summed E-state index contributed by atoms with van der Waals surface area (Å²) in [5.41, 5.74) is 0.879. The van der Waals surface area contributed by atoms with Gasteiger partial charge in [0.05, 0.1) is 6.61 Å². The Kier molecular flexibility index (Phi) is 3.72. The molecule has 2 rings (SSSR count). The van der Waals surface area contributed by atoms with Gasteiger partial charge in [0.15, 0.2) is 5.69 Å². The molecule has 0 amide bonds. The highest BCUT2D eigenvalue weighted by atomic mass is 19.1. The zero-order chi connectivity index (χ0) is 13.0. The summed E-state index contributed by atoms with van der Waals surface area (Å²) in [6, 6.07) is 7.67. The highest BCUT2D eigenvalue weighted by molar-refractivity contribution is 5.87. The van der Waals surface area contributed by atoms with E-state index in [2.05, 4.69) is 5.16 Å². The number of carbonyl (C=O) groups is 1. The molecule has 1 heterocycles. The monoisotopic (exact) mass is 249 g/mol. The molecule has 0 saturated heterocycles. The maximum Gasteiger partial charge on any atom is 0.360 e. The van der Waals surface area contributed by atoms with E-state index in [1.165, 1.54) is 18.2 Å². The molecule has 0 spiro atoms. The molecule has 2 aromatic rings. The first-order chi connectivity index (χ1) is 8.69. The van der Waals surface area contributed by atoms with Crippen molar-refractivity contribution in [1.29, 1.82) is 0 Å². The molecule has 0 atom stereocenters. The van der Waals surface area contributed by atoms with Crippen LogP contribution in [0.15, 0.2) is 34.9 Å². The minimum absolute atomic E-state index is 0.128. The third-order valence-electron chi connectivity index (χ3n) is 2.31. The molecule has 0 saturated carbocycles. The average Bonchev–Trinajstić information content (AvgIpc) is 2.78. The van der Waals surface area contributed by atoms with Crippen molar-refractivity contribution in [2.75, 3.05) is 6.61 Å². The molecule has 0 aliphatic rings. The van der Waals surface area contributed by atoms with Gasteiger partial charge in [0.1, 0.15) is 11.6 Å². The van der Waals surface area contributed by atoms with Crippen LogP contribution in [0.4, 0.5) is 4.39 Å². The number of benzene rings is 1. The van der Waals surface area contributed by atoms with Crippen LogP contribution in [0.3, 0.4) is 0 Å². The number of esters is 1. The van der Waals surface area contributed by atoms with Crippen molar-refractivity contribution in [1.82, 2.24) is 5.16 Å². The second-order valence-electron chi connectivity index (χ2n) is 3.71. The summed E-state index contributed by atoms with van der Waals surface area (Å²) in [5, 5.41) is 3.61. The highest BCUT2D eigenvalue weighted by Gasteiger charge is 2.13. The van der Waals surface area contributed by atoms with Gasteiger partial charge in [-0.3, -0.25) is 0 Å². The zero-order valence-corrected chi connectivity index (χ0v) is 9.85. The fourth-order valence-corrected chi connectivity index (χ4v) is 1.55. The van der Waals surface area contributed by atoms with E-state index in [1.54, 1.807) is 19.1 Å². The van der Waals surface area contributed by atoms with Crippen molar-refractivity contribution < 1.29 is 18.4 Å². The van der Waals surface area contributed by atoms with Crippen molar-refractivity contribution in [3.8, 4) is 0 Å². The van der Waals surface area contributed by atoms with Crippen molar-refractivity contribution in [3.63, 3.8) is 0 Å². The number of nitrogens with zero attached hydrogens (tertiary/aromatic N) is 1. The topological polar surface area (TPSA) is 52.3 Å². The maximum absolute atomic E-state index is 13.0. The Bertz CT molecular complexity index is 551. The third-order valence-corrected chi connectivity index (χ3v) is 2.31. The number of halogens is 1. The zero-order valence-electron chi connectivity index (χ0n) is 9.85. The van der Waals surface area contributed by atoms with E-state index in [0.29, 0.717) is 12.2 Å². The van der Waals surface area contributed by atoms with Crippen LogP contribution in [0.25, 0.3) is 0 Å². The molecule has 0 fully saturated rings. The quantitative estimate of drug-likeness (QED) is 0.781. The summed E-state index contributed by atoms with van der Waals surface area (Å²) in [4.78, 5) is 11.4. The summed E-state index contributed by atoms with van der Waals surface area (Å²) >= 11 is 0. The van der Waals surface area contributed by atoms with Crippen LogP contribution in [0.2, 0.25) is 0 Å². The fraction of sp³-hybridized carbons (Fsp3) is 0.231. The molecule has 1 aromatic carbocycles. The van der Waals surface area contributed by atoms with Crippen LogP contribution >= 0.6 is 0 Å². The van der Waals surface area contributed by atoms with Gasteiger partial charge in [-0.1, -0.05) is 17.3 Å². The Morgan fingerprint density at radius 3 is 3.00 bits per heavy atom. The van der Waals surface area contributed by atoms with E-state index >= 15 is 0 Å². The molecule has 0 aliphatic heterocycles. The molecule has 0 bridgehead atoms. The number of hydrogen-bond donors (Lipinski definition) is 0. The Morgan fingerprint density at radius 1 is 1.44 bits per heavy atom. The van der Waals surface area contributed by atoms with E-state index in [0.717, 1.165) is 5.56 Å². The first-order valence-corrected chi connectivity index (χ1v) is 5.56. The first-order valence-electron chi connectivity index (χ1n) is 5.56. The normalized spacial score (nSPS) is 10.3. The van der Waals surface area contributed by atoms with Gasteiger partial charge in [-0.15, -0.1) is 0 Å². The van der Waals surface area contributed by atoms with Gasteiger partial charge < -0.3 is 9.26 Å². The van der Waals surface area contributed by atoms with Gasteiger partial charge >= 0.3 is 5.97 Å². The van der Waals surface area contributed by atoms with Crippen LogP contribution in [0.5, 0.6) is 0 Å². The molecule has 18 heavy (non-hydrogen) atoms. The second-order valence-corrected chi connectivity index (χ2v) is 3.71. The molecule has 94 valence electrons. The number of ether oxygens (including phenoxy) is 1. The smallest absolute Gasteiger partial charge is 0.360 e. The van der Waals surface area contributed by atoms with Gasteiger partial charge in [-0.2, -0.15) is 0 Å². The van der Waals surface area contributed by atoms with E-state index < -0.39 is 5.97 Å². The lowest BCUT2D eigenvalue weighted by Crippen LogP contribution is -2.04. The highest BCUT2D eigenvalue weighted by Crippen LogP contribution is 2.12. The summed E-state index contributed by atoms with van der Waals surface area (Å²) in [6.45, 7) is 2.00. The van der Waals surface area contributed by atoms with Crippen LogP contribution < -0.4 is 0 Å². The van der Waals surface area contributed by atoms with E-state index in [4.69, 9.17) is 9.26 Å². The Morgan fingerprint density at radius 2 is 2.28 bits per heavy atom. The molecule has 0 aliphatic carbocycles. The van der Waals surface area contributed by atoms with Crippen LogP contribution in [0, 0.1) is 5.82 Å². The van der Waals surface area contributed by atoms with E-state index in [-0.39, 0.29) is 18.1 Å². The fourth-order valence-electron chi connectivity index (χ4n) is 1.55. The Labute approximate surface area is 103 Å². The predicted octanol–water partition coefficient (Wildman–Crippen LogP) is 2.58. The van der Waals surface area contributed by atoms with Crippen molar-refractivity contribution in [3.05, 3.63) is 53.2 Å². The first kappa shape index (κ1) is 12.3. The largest absolute Gasteiger partial charge is 0.461 e. The van der Waals surface area contributed by atoms with Crippen LogP contribution in [-0.4, -0.2) is 17.7 Å². The average molecular weight is 249 g/mol. The SMILES string of the molecule is CCOC(=O)c1cc(Cc2cccc(F)c2)on1. The van der Waals surface area contributed by atoms with Gasteiger partial charge in [0, 0.05) is 12.5 Å². The molecule has 0 radical (unpaired) electrons. The molecule has 0 unspecified atom stereocenters. The van der Waals surface area contributed by atoms with Crippen molar-refractivity contribution in [2.45, 2.75) is 13.3 Å². The Hall–Kier alpha value is -2.17. The van der Waals surface area contributed by atoms with Gasteiger partial charge in [-0.25, -0.2) is 9.18 Å². The minimum atomic E-state index is -0.522. The number of aromatic nitrogens is 1. The maximum atomic E-state index is 13.0. The second kappa shape index (κ2) is 5.44. The molecular formula is C13H12FNO3. The van der Waals surface area contributed by atoms with Crippen molar-refractivity contribution in [2.24, 2.45) is 0 Å². The summed E-state index contributed by atoms with van der Waals surface area (Å²) in [7, 11) is 0. The predicted molar refractivity (Wildman–Crippen MR) is 61.7 cm³/mol. The summed E-state index contributed by atoms with van der Waals surface area (Å²) in [6.07, 6.45) is 0.379. The molecular weight excluding hydrogens is 237 g/mol. The van der Waals surface area contributed by atoms with Crippen molar-refractivity contribution >= 4 is 5.97 Å². The summed E-state index contributed by atoms with van der Waals surface area (Å²) in [5.74, 6) is -0.340. The molecule has 5 heteroatoms. The standard InChI is InChI=1S/C13H12FNO3/c1-2-17-13(16)12-8-11(18-15-12)7-9-4-3-5-10(14)6-9/h3-6,8H,2,7H2,1H3. The number of rotatable bonds is 4. The number of hydrogen-bond acceptors (Lipinski definition) is 4. The third kappa shape index (κ3) is 2.94. The molecule has 4 nitrogen and oxygen atoms in total. The van der Waals surface area contributed by atoms with Crippen LogP contribution in [0.1, 0.15) is 28.7 Å². The van der Waals surface area contributed by atoms with Gasteiger partial charge in [-0.05, 0) is 24.6 Å². The minimum Gasteiger partial charge on any atom is -0.461 e. The Balaban J connectivity index is 2.09. The van der Waals surface area contributed by atoms with E-state index in [9.17, 15) is 9.18 Å². The van der Waals surface area contributed by atoms with Gasteiger partial charge in [0.25, 0.3) is 0 Å². The lowest BCUT2D eigenvalue weighted by atomic mass is 10.1. The molecule has 1 aromatic heterocycles. The van der Waals surface area contributed by atoms with E-state index in [1.807, 2.05) is 0 Å². The number of carbonyl (C=O) groups excluding carboxylic acids is 1. The lowest BCUT2D eigenvalue weighted by Gasteiger charge is -1.96. The lowest BCUT2D eigenvalue weighted by molar-refractivity contribution is 0.0514.